The summed E-state index contributed by atoms with van der Waals surface area (Å²) < 4.78 is 5.09. The number of benzene rings is 1. The first-order valence-corrected chi connectivity index (χ1v) is 7.81. The van der Waals surface area contributed by atoms with Crippen molar-refractivity contribution in [2.45, 2.75) is 51.4 Å². The SMILES string of the molecule is CC(C)(C)N1C[C@H](N)C[C@H]1C(=O)NC(=O)OCc1ccccc1. The van der Waals surface area contributed by atoms with Gasteiger partial charge in [-0.05, 0) is 32.8 Å². The van der Waals surface area contributed by atoms with Gasteiger partial charge in [0.25, 0.3) is 0 Å². The average Bonchev–Trinajstić information content (AvgIpc) is 2.88. The number of ether oxygens (including phenoxy) is 1. The van der Waals surface area contributed by atoms with Crippen LogP contribution in [0, 0.1) is 0 Å². The molecule has 2 amide bonds. The molecule has 1 aromatic carbocycles. The summed E-state index contributed by atoms with van der Waals surface area (Å²) in [6.07, 6.45) is -0.192. The summed E-state index contributed by atoms with van der Waals surface area (Å²) in [4.78, 5) is 26.2. The summed E-state index contributed by atoms with van der Waals surface area (Å²) >= 11 is 0. The molecule has 1 aromatic rings. The van der Waals surface area contributed by atoms with Gasteiger partial charge in [0.05, 0.1) is 6.04 Å². The van der Waals surface area contributed by atoms with Crippen LogP contribution in [0.25, 0.3) is 0 Å². The molecular formula is C17H25N3O3. The highest BCUT2D eigenvalue weighted by Crippen LogP contribution is 2.26. The number of imide groups is 1. The molecule has 23 heavy (non-hydrogen) atoms. The number of amides is 2. The van der Waals surface area contributed by atoms with Crippen molar-refractivity contribution in [1.29, 1.82) is 0 Å². The minimum atomic E-state index is -0.729. The highest BCUT2D eigenvalue weighted by molar-refractivity contribution is 5.95. The molecule has 0 spiro atoms. The van der Waals surface area contributed by atoms with Crippen molar-refractivity contribution in [1.82, 2.24) is 10.2 Å². The molecule has 126 valence electrons. The average molecular weight is 319 g/mol. The molecule has 0 radical (unpaired) electrons. The van der Waals surface area contributed by atoms with Crippen LogP contribution in [-0.2, 0) is 16.1 Å². The number of rotatable bonds is 3. The van der Waals surface area contributed by atoms with E-state index in [1.165, 1.54) is 0 Å². The standard InChI is InChI=1S/C17H25N3O3/c1-17(2,3)20-10-13(18)9-14(20)15(21)19-16(22)23-11-12-7-5-4-6-8-12/h4-8,13-14H,9-11,18H2,1-3H3,(H,19,21,22)/t13-,14+/m1/s1. The summed E-state index contributed by atoms with van der Waals surface area (Å²) in [5.74, 6) is -0.356. The quantitative estimate of drug-likeness (QED) is 0.885. The molecule has 1 aliphatic heterocycles. The fraction of sp³-hybridized carbons (Fsp3) is 0.529. The number of nitrogens with one attached hydrogen (secondary N) is 1. The van der Waals surface area contributed by atoms with Crippen LogP contribution in [0.2, 0.25) is 0 Å². The van der Waals surface area contributed by atoms with Gasteiger partial charge >= 0.3 is 6.09 Å². The van der Waals surface area contributed by atoms with Crippen molar-refractivity contribution in [2.24, 2.45) is 5.73 Å². The van der Waals surface area contributed by atoms with Crippen LogP contribution in [0.4, 0.5) is 4.79 Å². The Balaban J connectivity index is 1.89. The smallest absolute Gasteiger partial charge is 0.414 e. The van der Waals surface area contributed by atoms with Crippen LogP contribution in [0.1, 0.15) is 32.8 Å². The highest BCUT2D eigenvalue weighted by atomic mass is 16.5. The number of hydrogen-bond donors (Lipinski definition) is 2. The molecule has 2 atom stereocenters. The van der Waals surface area contributed by atoms with Gasteiger partial charge in [-0.2, -0.15) is 0 Å². The molecule has 0 saturated carbocycles. The van der Waals surface area contributed by atoms with Gasteiger partial charge < -0.3 is 10.5 Å². The maximum Gasteiger partial charge on any atom is 0.414 e. The third-order valence-corrected chi connectivity index (χ3v) is 3.94. The molecule has 2 rings (SSSR count). The molecule has 1 heterocycles. The Hall–Kier alpha value is -1.92. The largest absolute Gasteiger partial charge is 0.444 e. The zero-order valence-electron chi connectivity index (χ0n) is 13.9. The Morgan fingerprint density at radius 1 is 1.30 bits per heavy atom. The van der Waals surface area contributed by atoms with E-state index < -0.39 is 12.1 Å². The lowest BCUT2D eigenvalue weighted by Crippen LogP contribution is -2.52. The number of nitrogens with zero attached hydrogens (tertiary/aromatic N) is 1. The molecule has 1 saturated heterocycles. The molecule has 0 unspecified atom stereocenters. The fourth-order valence-electron chi connectivity index (χ4n) is 2.80. The third kappa shape index (κ3) is 4.77. The van der Waals surface area contributed by atoms with Crippen LogP contribution in [-0.4, -0.2) is 41.1 Å². The Kier molecular flexibility index (Phi) is 5.38. The number of hydrogen-bond acceptors (Lipinski definition) is 5. The molecule has 0 aromatic heterocycles. The highest BCUT2D eigenvalue weighted by Gasteiger charge is 2.41. The Bertz CT molecular complexity index is 554. The first kappa shape index (κ1) is 17.4. The third-order valence-electron chi connectivity index (χ3n) is 3.94. The summed E-state index contributed by atoms with van der Waals surface area (Å²) in [6.45, 7) is 6.85. The van der Waals surface area contributed by atoms with Crippen molar-refractivity contribution >= 4 is 12.0 Å². The second-order valence-electron chi connectivity index (χ2n) is 6.89. The zero-order chi connectivity index (χ0) is 17.0. The van der Waals surface area contributed by atoms with Gasteiger partial charge in [0.1, 0.15) is 6.61 Å². The first-order valence-electron chi connectivity index (χ1n) is 7.81. The van der Waals surface area contributed by atoms with Crippen LogP contribution >= 0.6 is 0 Å². The number of likely N-dealkylation sites (tertiary alicyclic amines) is 1. The molecule has 1 aliphatic rings. The van der Waals surface area contributed by atoms with E-state index >= 15 is 0 Å². The van der Waals surface area contributed by atoms with E-state index in [1.807, 2.05) is 56.0 Å². The topological polar surface area (TPSA) is 84.7 Å². The van der Waals surface area contributed by atoms with E-state index in [2.05, 4.69) is 5.32 Å². The molecule has 3 N–H and O–H groups in total. The van der Waals surface area contributed by atoms with Gasteiger partial charge in [-0.3, -0.25) is 15.0 Å². The van der Waals surface area contributed by atoms with E-state index in [0.717, 1.165) is 5.56 Å². The van der Waals surface area contributed by atoms with E-state index in [1.54, 1.807) is 0 Å². The van der Waals surface area contributed by atoms with Gasteiger partial charge in [-0.15, -0.1) is 0 Å². The van der Waals surface area contributed by atoms with E-state index in [9.17, 15) is 9.59 Å². The molecule has 0 aliphatic carbocycles. The van der Waals surface area contributed by atoms with Crippen LogP contribution in [0.15, 0.2) is 30.3 Å². The minimum absolute atomic E-state index is 0.0645. The Labute approximate surface area is 137 Å². The molecule has 6 nitrogen and oxygen atoms in total. The number of alkyl carbamates (subject to hydrolysis) is 1. The monoisotopic (exact) mass is 319 g/mol. The van der Waals surface area contributed by atoms with Crippen molar-refractivity contribution in [3.05, 3.63) is 35.9 Å². The van der Waals surface area contributed by atoms with Crippen molar-refractivity contribution in [3.8, 4) is 0 Å². The van der Waals surface area contributed by atoms with E-state index in [4.69, 9.17) is 10.5 Å². The predicted molar refractivity (Wildman–Crippen MR) is 87.6 cm³/mol. The van der Waals surface area contributed by atoms with Crippen molar-refractivity contribution < 1.29 is 14.3 Å². The first-order chi connectivity index (χ1) is 10.8. The van der Waals surface area contributed by atoms with Gasteiger partial charge in [0.2, 0.25) is 5.91 Å². The maximum atomic E-state index is 12.4. The zero-order valence-corrected chi connectivity index (χ0v) is 13.9. The summed E-state index contributed by atoms with van der Waals surface area (Å²) in [6, 6.07) is 8.85. The predicted octanol–water partition coefficient (Wildman–Crippen LogP) is 1.64. The molecular weight excluding hydrogens is 294 g/mol. The van der Waals surface area contributed by atoms with Crippen molar-refractivity contribution in [3.63, 3.8) is 0 Å². The number of carbonyl (C=O) groups is 2. The lowest BCUT2D eigenvalue weighted by atomic mass is 10.0. The van der Waals surface area contributed by atoms with Crippen LogP contribution in [0.5, 0.6) is 0 Å². The van der Waals surface area contributed by atoms with E-state index in [0.29, 0.717) is 13.0 Å². The Morgan fingerprint density at radius 2 is 1.96 bits per heavy atom. The lowest BCUT2D eigenvalue weighted by Gasteiger charge is -2.35. The normalized spacial score (nSPS) is 21.9. The van der Waals surface area contributed by atoms with Gasteiger partial charge in [0, 0.05) is 18.1 Å². The summed E-state index contributed by atoms with van der Waals surface area (Å²) in [7, 11) is 0. The number of carbonyl (C=O) groups excluding carboxylic acids is 2. The van der Waals surface area contributed by atoms with Gasteiger partial charge in [0.15, 0.2) is 0 Å². The second-order valence-corrected chi connectivity index (χ2v) is 6.89. The fourth-order valence-corrected chi connectivity index (χ4v) is 2.80. The van der Waals surface area contributed by atoms with Crippen LogP contribution < -0.4 is 11.1 Å². The molecule has 1 fully saturated rings. The second kappa shape index (κ2) is 7.10. The summed E-state index contributed by atoms with van der Waals surface area (Å²) in [5.41, 5.74) is 6.66. The van der Waals surface area contributed by atoms with Gasteiger partial charge in [-0.25, -0.2) is 4.79 Å². The summed E-state index contributed by atoms with van der Waals surface area (Å²) in [5, 5.41) is 2.32. The molecule has 0 bridgehead atoms. The number of nitrogens with two attached hydrogens (primary N) is 1. The van der Waals surface area contributed by atoms with E-state index in [-0.39, 0.29) is 24.1 Å². The maximum absolute atomic E-state index is 12.4. The lowest BCUT2D eigenvalue weighted by molar-refractivity contribution is -0.126. The molecule has 6 heteroatoms. The van der Waals surface area contributed by atoms with Crippen LogP contribution in [0.3, 0.4) is 0 Å². The van der Waals surface area contributed by atoms with Crippen molar-refractivity contribution in [2.75, 3.05) is 6.54 Å². The Morgan fingerprint density at radius 3 is 2.57 bits per heavy atom. The minimum Gasteiger partial charge on any atom is -0.444 e. The van der Waals surface area contributed by atoms with Gasteiger partial charge in [-0.1, -0.05) is 30.3 Å².